The van der Waals surface area contributed by atoms with Crippen molar-refractivity contribution in [2.45, 2.75) is 45.7 Å². The van der Waals surface area contributed by atoms with Crippen LogP contribution >= 0.6 is 0 Å². The lowest BCUT2D eigenvalue weighted by atomic mass is 10.1. The van der Waals surface area contributed by atoms with Gasteiger partial charge in [-0.3, -0.25) is 9.78 Å². The molecular formula is C13H21N3O. The van der Waals surface area contributed by atoms with E-state index in [9.17, 15) is 4.79 Å². The molecule has 0 aliphatic heterocycles. The Balaban J connectivity index is 2.34. The summed E-state index contributed by atoms with van der Waals surface area (Å²) in [6, 6.07) is 3.49. The van der Waals surface area contributed by atoms with Crippen molar-refractivity contribution in [2.75, 3.05) is 0 Å². The summed E-state index contributed by atoms with van der Waals surface area (Å²) < 4.78 is 0. The van der Waals surface area contributed by atoms with Crippen LogP contribution in [-0.2, 0) is 11.3 Å². The first-order valence-electron chi connectivity index (χ1n) is 6.08. The quantitative estimate of drug-likeness (QED) is 0.785. The van der Waals surface area contributed by atoms with Gasteiger partial charge in [-0.2, -0.15) is 0 Å². The summed E-state index contributed by atoms with van der Waals surface area (Å²) in [5.74, 6) is -0.0842. The van der Waals surface area contributed by atoms with Gasteiger partial charge in [0, 0.05) is 18.4 Å². The van der Waals surface area contributed by atoms with Crippen molar-refractivity contribution < 1.29 is 4.79 Å². The average molecular weight is 235 g/mol. The fraction of sp³-hybridized carbons (Fsp3) is 0.538. The van der Waals surface area contributed by atoms with Crippen molar-refractivity contribution in [1.29, 1.82) is 0 Å². The predicted octanol–water partition coefficient (Wildman–Crippen LogP) is 1.52. The molecule has 0 saturated heterocycles. The second-order valence-corrected chi connectivity index (χ2v) is 4.27. The van der Waals surface area contributed by atoms with Crippen LogP contribution < -0.4 is 11.1 Å². The minimum Gasteiger partial charge on any atom is -0.351 e. The van der Waals surface area contributed by atoms with Crippen LogP contribution in [0.25, 0.3) is 0 Å². The molecule has 1 rings (SSSR count). The fourth-order valence-corrected chi connectivity index (χ4v) is 1.48. The van der Waals surface area contributed by atoms with E-state index in [0.717, 1.165) is 30.5 Å². The SMILES string of the molecule is CCCC[C@H](N)C(=O)NCc1ccc(C)nc1. The van der Waals surface area contributed by atoms with Crippen molar-refractivity contribution in [2.24, 2.45) is 5.73 Å². The van der Waals surface area contributed by atoms with Gasteiger partial charge in [-0.05, 0) is 25.0 Å². The number of carbonyl (C=O) groups is 1. The van der Waals surface area contributed by atoms with Crippen LogP contribution in [0, 0.1) is 6.92 Å². The topological polar surface area (TPSA) is 68.0 Å². The molecule has 0 bridgehead atoms. The van der Waals surface area contributed by atoms with Gasteiger partial charge in [0.2, 0.25) is 5.91 Å². The maximum Gasteiger partial charge on any atom is 0.237 e. The third-order valence-electron chi connectivity index (χ3n) is 2.64. The van der Waals surface area contributed by atoms with E-state index in [-0.39, 0.29) is 5.91 Å². The van der Waals surface area contributed by atoms with E-state index in [2.05, 4.69) is 17.2 Å². The lowest BCUT2D eigenvalue weighted by Crippen LogP contribution is -2.40. The van der Waals surface area contributed by atoms with Crippen molar-refractivity contribution in [3.8, 4) is 0 Å². The number of aryl methyl sites for hydroxylation is 1. The van der Waals surface area contributed by atoms with Crippen molar-refractivity contribution in [3.63, 3.8) is 0 Å². The number of nitrogens with two attached hydrogens (primary N) is 1. The Kier molecular flexibility index (Phi) is 5.63. The van der Waals surface area contributed by atoms with Crippen molar-refractivity contribution in [1.82, 2.24) is 10.3 Å². The highest BCUT2D eigenvalue weighted by molar-refractivity contribution is 5.81. The van der Waals surface area contributed by atoms with E-state index in [1.54, 1.807) is 6.20 Å². The second kappa shape index (κ2) is 7.01. The number of nitrogens with one attached hydrogen (secondary N) is 1. The summed E-state index contributed by atoms with van der Waals surface area (Å²) in [4.78, 5) is 15.8. The Labute approximate surface area is 103 Å². The first-order valence-corrected chi connectivity index (χ1v) is 6.08. The number of amides is 1. The number of hydrogen-bond donors (Lipinski definition) is 2. The third-order valence-corrected chi connectivity index (χ3v) is 2.64. The maximum atomic E-state index is 11.6. The average Bonchev–Trinajstić information content (AvgIpc) is 2.34. The molecular weight excluding hydrogens is 214 g/mol. The zero-order valence-corrected chi connectivity index (χ0v) is 10.6. The molecule has 1 heterocycles. The van der Waals surface area contributed by atoms with Gasteiger partial charge in [-0.15, -0.1) is 0 Å². The zero-order valence-electron chi connectivity index (χ0n) is 10.6. The standard InChI is InChI=1S/C13H21N3O/c1-3-4-5-12(14)13(17)16-9-11-7-6-10(2)15-8-11/h6-8,12H,3-5,9,14H2,1-2H3,(H,16,17)/t12-/m0/s1. The van der Waals surface area contributed by atoms with Gasteiger partial charge >= 0.3 is 0 Å². The summed E-state index contributed by atoms with van der Waals surface area (Å²) >= 11 is 0. The van der Waals surface area contributed by atoms with E-state index in [4.69, 9.17) is 5.73 Å². The molecule has 1 aromatic heterocycles. The number of hydrogen-bond acceptors (Lipinski definition) is 3. The summed E-state index contributed by atoms with van der Waals surface area (Å²) in [6.45, 7) is 4.51. The number of carbonyl (C=O) groups excluding carboxylic acids is 1. The van der Waals surface area contributed by atoms with Crippen LogP contribution in [0.2, 0.25) is 0 Å². The predicted molar refractivity (Wildman–Crippen MR) is 68.3 cm³/mol. The van der Waals surface area contributed by atoms with E-state index < -0.39 is 6.04 Å². The molecule has 17 heavy (non-hydrogen) atoms. The molecule has 0 fully saturated rings. The number of unbranched alkanes of at least 4 members (excludes halogenated alkanes) is 1. The molecule has 0 aliphatic rings. The molecule has 94 valence electrons. The summed E-state index contributed by atoms with van der Waals surface area (Å²) in [5.41, 5.74) is 7.73. The molecule has 0 saturated carbocycles. The number of aromatic nitrogens is 1. The van der Waals surface area contributed by atoms with Crippen LogP contribution in [0.4, 0.5) is 0 Å². The van der Waals surface area contributed by atoms with Crippen molar-refractivity contribution in [3.05, 3.63) is 29.6 Å². The lowest BCUT2D eigenvalue weighted by molar-refractivity contribution is -0.122. The van der Waals surface area contributed by atoms with Crippen LogP contribution in [0.1, 0.15) is 37.4 Å². The summed E-state index contributed by atoms with van der Waals surface area (Å²) in [5, 5.41) is 2.82. The van der Waals surface area contributed by atoms with Gasteiger partial charge in [0.1, 0.15) is 0 Å². The minimum atomic E-state index is -0.395. The van der Waals surface area contributed by atoms with Gasteiger partial charge in [-0.25, -0.2) is 0 Å². The molecule has 1 aromatic rings. The lowest BCUT2D eigenvalue weighted by Gasteiger charge is -2.11. The first kappa shape index (κ1) is 13.6. The monoisotopic (exact) mass is 235 g/mol. The van der Waals surface area contributed by atoms with Gasteiger partial charge in [0.15, 0.2) is 0 Å². The normalized spacial score (nSPS) is 12.2. The highest BCUT2D eigenvalue weighted by Gasteiger charge is 2.11. The summed E-state index contributed by atoms with van der Waals surface area (Å²) in [7, 11) is 0. The first-order chi connectivity index (χ1) is 8.13. The zero-order chi connectivity index (χ0) is 12.7. The Morgan fingerprint density at radius 3 is 2.88 bits per heavy atom. The molecule has 3 N–H and O–H groups in total. The Hall–Kier alpha value is -1.42. The second-order valence-electron chi connectivity index (χ2n) is 4.27. The van der Waals surface area contributed by atoms with E-state index >= 15 is 0 Å². The Morgan fingerprint density at radius 2 is 2.29 bits per heavy atom. The number of rotatable bonds is 6. The Bertz CT molecular complexity index is 348. The minimum absolute atomic E-state index is 0.0842. The molecule has 4 nitrogen and oxygen atoms in total. The number of pyridine rings is 1. The maximum absolute atomic E-state index is 11.6. The molecule has 1 amide bonds. The fourth-order valence-electron chi connectivity index (χ4n) is 1.48. The molecule has 0 aliphatic carbocycles. The van der Waals surface area contributed by atoms with Crippen LogP contribution in [0.5, 0.6) is 0 Å². The van der Waals surface area contributed by atoms with Crippen LogP contribution in [0.15, 0.2) is 18.3 Å². The molecule has 0 aromatic carbocycles. The van der Waals surface area contributed by atoms with Crippen LogP contribution in [-0.4, -0.2) is 16.9 Å². The molecule has 0 spiro atoms. The van der Waals surface area contributed by atoms with E-state index in [1.165, 1.54) is 0 Å². The van der Waals surface area contributed by atoms with Crippen molar-refractivity contribution >= 4 is 5.91 Å². The Morgan fingerprint density at radius 1 is 1.53 bits per heavy atom. The largest absolute Gasteiger partial charge is 0.351 e. The van der Waals surface area contributed by atoms with Gasteiger partial charge in [-0.1, -0.05) is 25.8 Å². The third kappa shape index (κ3) is 4.95. The van der Waals surface area contributed by atoms with Crippen LogP contribution in [0.3, 0.4) is 0 Å². The smallest absolute Gasteiger partial charge is 0.237 e. The highest BCUT2D eigenvalue weighted by Crippen LogP contribution is 2.01. The van der Waals surface area contributed by atoms with Gasteiger partial charge in [0.05, 0.1) is 6.04 Å². The van der Waals surface area contributed by atoms with E-state index in [0.29, 0.717) is 6.54 Å². The molecule has 1 atom stereocenters. The molecule has 4 heteroatoms. The summed E-state index contributed by atoms with van der Waals surface area (Å²) in [6.07, 6.45) is 4.56. The van der Waals surface area contributed by atoms with E-state index in [1.807, 2.05) is 19.1 Å². The molecule has 0 radical (unpaired) electrons. The number of nitrogens with zero attached hydrogens (tertiary/aromatic N) is 1. The highest BCUT2D eigenvalue weighted by atomic mass is 16.2. The van der Waals surface area contributed by atoms with Gasteiger partial charge in [0.25, 0.3) is 0 Å². The molecule has 0 unspecified atom stereocenters. The van der Waals surface area contributed by atoms with Gasteiger partial charge < -0.3 is 11.1 Å².